The van der Waals surface area contributed by atoms with Crippen LogP contribution in [-0.4, -0.2) is 29.6 Å². The first-order valence-corrected chi connectivity index (χ1v) is 10.4. The highest BCUT2D eigenvalue weighted by Gasteiger charge is 2.20. The summed E-state index contributed by atoms with van der Waals surface area (Å²) in [5, 5.41) is 0.645. The topological polar surface area (TPSA) is 64.5 Å². The lowest BCUT2D eigenvalue weighted by molar-refractivity contribution is -0.119. The third-order valence-electron chi connectivity index (χ3n) is 4.51. The number of anilines is 1. The Morgan fingerprint density at radius 1 is 1.07 bits per heavy atom. The van der Waals surface area contributed by atoms with E-state index in [1.165, 1.54) is 11.3 Å². The highest BCUT2D eigenvalue weighted by molar-refractivity contribution is 7.22. The maximum Gasteiger partial charge on any atom is 0.232 e. The average Bonchev–Trinajstić information content (AvgIpc) is 3.21. The van der Waals surface area contributed by atoms with Gasteiger partial charge in [0, 0.05) is 12.4 Å². The van der Waals surface area contributed by atoms with E-state index < -0.39 is 0 Å². The summed E-state index contributed by atoms with van der Waals surface area (Å²) in [7, 11) is 1.63. The summed E-state index contributed by atoms with van der Waals surface area (Å²) in [6, 6.07) is 19.0. The summed E-state index contributed by atoms with van der Waals surface area (Å²) in [4.78, 5) is 23.6. The summed E-state index contributed by atoms with van der Waals surface area (Å²) >= 11 is 1.47. The molecule has 0 aliphatic rings. The fourth-order valence-electron chi connectivity index (χ4n) is 2.98. The van der Waals surface area contributed by atoms with Gasteiger partial charge in [0.15, 0.2) is 5.13 Å². The van der Waals surface area contributed by atoms with E-state index in [0.29, 0.717) is 18.3 Å². The molecule has 0 aliphatic carbocycles. The number of benzene rings is 2. The van der Waals surface area contributed by atoms with Gasteiger partial charge in [-0.3, -0.25) is 14.7 Å². The van der Waals surface area contributed by atoms with E-state index in [1.807, 2.05) is 60.7 Å². The molecule has 0 saturated carbocycles. The van der Waals surface area contributed by atoms with Gasteiger partial charge in [-0.2, -0.15) is 0 Å². The van der Waals surface area contributed by atoms with Crippen molar-refractivity contribution in [2.24, 2.45) is 0 Å². The normalized spacial score (nSPS) is 10.7. The van der Waals surface area contributed by atoms with Gasteiger partial charge >= 0.3 is 0 Å². The highest BCUT2D eigenvalue weighted by Crippen LogP contribution is 2.32. The van der Waals surface area contributed by atoms with E-state index in [4.69, 9.17) is 9.47 Å². The van der Waals surface area contributed by atoms with Gasteiger partial charge in [0.25, 0.3) is 0 Å². The van der Waals surface area contributed by atoms with Crippen LogP contribution in [-0.2, 0) is 11.3 Å². The second-order valence-corrected chi connectivity index (χ2v) is 7.59. The first kappa shape index (κ1) is 19.8. The minimum absolute atomic E-state index is 0.0548. The molecule has 0 aliphatic heterocycles. The number of carbonyl (C=O) groups is 1. The summed E-state index contributed by atoms with van der Waals surface area (Å²) in [6.07, 6.45) is 3.72. The fraction of sp³-hybridized carbons (Fsp3) is 0.174. The Bertz CT molecular complexity index is 1120. The number of fused-ring (bicyclic) bond motifs is 1. The van der Waals surface area contributed by atoms with Crippen LogP contribution in [0, 0.1) is 0 Å². The SMILES string of the molecule is COc1ccc2nc(N(Cc3cccnc3)C(=O)CCOc3ccccc3)sc2c1. The average molecular weight is 420 g/mol. The molecule has 0 bridgehead atoms. The lowest BCUT2D eigenvalue weighted by atomic mass is 10.2. The van der Waals surface area contributed by atoms with Gasteiger partial charge in [0.2, 0.25) is 5.91 Å². The van der Waals surface area contributed by atoms with E-state index in [-0.39, 0.29) is 12.3 Å². The van der Waals surface area contributed by atoms with Gasteiger partial charge in [-0.15, -0.1) is 0 Å². The van der Waals surface area contributed by atoms with Crippen LogP contribution in [0.4, 0.5) is 5.13 Å². The smallest absolute Gasteiger partial charge is 0.232 e. The lowest BCUT2D eigenvalue weighted by Gasteiger charge is -2.20. The van der Waals surface area contributed by atoms with Crippen molar-refractivity contribution in [1.29, 1.82) is 0 Å². The van der Waals surface area contributed by atoms with E-state index in [0.717, 1.165) is 27.3 Å². The first-order valence-electron chi connectivity index (χ1n) is 9.54. The monoisotopic (exact) mass is 419 g/mol. The van der Waals surface area contributed by atoms with Crippen molar-refractivity contribution in [2.45, 2.75) is 13.0 Å². The van der Waals surface area contributed by atoms with Crippen molar-refractivity contribution >= 4 is 32.6 Å². The molecule has 0 saturated heterocycles. The van der Waals surface area contributed by atoms with Crippen LogP contribution in [0.2, 0.25) is 0 Å². The number of hydrogen-bond acceptors (Lipinski definition) is 6. The van der Waals surface area contributed by atoms with Gasteiger partial charge < -0.3 is 9.47 Å². The van der Waals surface area contributed by atoms with E-state index >= 15 is 0 Å². The molecule has 2 aromatic carbocycles. The number of thiazole rings is 1. The molecule has 30 heavy (non-hydrogen) atoms. The van der Waals surface area contributed by atoms with E-state index in [9.17, 15) is 4.79 Å². The molecular formula is C23H21N3O3S. The first-order chi connectivity index (χ1) is 14.7. The third kappa shape index (κ3) is 4.75. The number of pyridine rings is 1. The molecule has 0 spiro atoms. The Morgan fingerprint density at radius 2 is 1.93 bits per heavy atom. The Balaban J connectivity index is 1.55. The molecule has 2 heterocycles. The van der Waals surface area contributed by atoms with Gasteiger partial charge in [-0.25, -0.2) is 4.98 Å². The maximum atomic E-state index is 13.1. The molecule has 1 amide bonds. The fourth-order valence-corrected chi connectivity index (χ4v) is 3.99. The van der Waals surface area contributed by atoms with Crippen molar-refractivity contribution < 1.29 is 14.3 Å². The van der Waals surface area contributed by atoms with Gasteiger partial charge in [0.1, 0.15) is 11.5 Å². The van der Waals surface area contributed by atoms with Crippen molar-refractivity contribution in [2.75, 3.05) is 18.6 Å². The lowest BCUT2D eigenvalue weighted by Crippen LogP contribution is -2.31. The van der Waals surface area contributed by atoms with Crippen LogP contribution in [0.5, 0.6) is 11.5 Å². The summed E-state index contributed by atoms with van der Waals surface area (Å²) in [5.41, 5.74) is 1.77. The quantitative estimate of drug-likeness (QED) is 0.414. The number of ether oxygens (including phenoxy) is 2. The molecule has 7 heteroatoms. The second kappa shape index (κ2) is 9.37. The standard InChI is InChI=1S/C23H21N3O3S/c1-28-19-9-10-20-21(14-19)30-23(25-20)26(16-17-6-5-12-24-15-17)22(27)11-13-29-18-7-3-2-4-8-18/h2-10,12,14-15H,11,13,16H2,1H3. The van der Waals surface area contributed by atoms with Crippen molar-refractivity contribution in [3.63, 3.8) is 0 Å². The molecule has 0 fully saturated rings. The number of rotatable bonds is 8. The Morgan fingerprint density at radius 3 is 2.70 bits per heavy atom. The zero-order valence-electron chi connectivity index (χ0n) is 16.5. The number of carbonyl (C=O) groups excluding carboxylic acids is 1. The van der Waals surface area contributed by atoms with E-state index in [1.54, 1.807) is 24.4 Å². The molecule has 4 aromatic rings. The molecule has 0 unspecified atom stereocenters. The zero-order valence-corrected chi connectivity index (χ0v) is 17.3. The van der Waals surface area contributed by atoms with Crippen molar-refractivity contribution in [1.82, 2.24) is 9.97 Å². The largest absolute Gasteiger partial charge is 0.497 e. The summed E-state index contributed by atoms with van der Waals surface area (Å²) in [6.45, 7) is 0.695. The number of nitrogens with zero attached hydrogens (tertiary/aromatic N) is 3. The van der Waals surface area contributed by atoms with Gasteiger partial charge in [-0.1, -0.05) is 35.6 Å². The van der Waals surface area contributed by atoms with Crippen LogP contribution in [0.3, 0.4) is 0 Å². The Hall–Kier alpha value is -3.45. The van der Waals surface area contributed by atoms with E-state index in [2.05, 4.69) is 9.97 Å². The molecule has 152 valence electrons. The number of amides is 1. The number of hydrogen-bond donors (Lipinski definition) is 0. The van der Waals surface area contributed by atoms with Gasteiger partial charge in [-0.05, 0) is 42.0 Å². The van der Waals surface area contributed by atoms with Crippen LogP contribution in [0.15, 0.2) is 73.1 Å². The third-order valence-corrected chi connectivity index (χ3v) is 5.55. The van der Waals surface area contributed by atoms with Crippen molar-refractivity contribution in [3.05, 3.63) is 78.6 Å². The molecule has 0 N–H and O–H groups in total. The predicted molar refractivity (Wildman–Crippen MR) is 118 cm³/mol. The molecule has 0 atom stereocenters. The predicted octanol–water partition coefficient (Wildman–Crippen LogP) is 4.70. The molecule has 6 nitrogen and oxygen atoms in total. The minimum atomic E-state index is -0.0548. The second-order valence-electron chi connectivity index (χ2n) is 6.58. The zero-order chi connectivity index (χ0) is 20.8. The highest BCUT2D eigenvalue weighted by atomic mass is 32.1. The Kier molecular flexibility index (Phi) is 6.20. The Labute approximate surface area is 178 Å². The van der Waals surface area contributed by atoms with Crippen LogP contribution >= 0.6 is 11.3 Å². The maximum absolute atomic E-state index is 13.1. The summed E-state index contributed by atoms with van der Waals surface area (Å²) in [5.74, 6) is 1.45. The minimum Gasteiger partial charge on any atom is -0.497 e. The van der Waals surface area contributed by atoms with Crippen LogP contribution in [0.1, 0.15) is 12.0 Å². The molecule has 2 aromatic heterocycles. The number of aromatic nitrogens is 2. The number of methoxy groups -OCH3 is 1. The number of para-hydroxylation sites is 1. The molecule has 0 radical (unpaired) electrons. The van der Waals surface area contributed by atoms with Crippen LogP contribution < -0.4 is 14.4 Å². The van der Waals surface area contributed by atoms with Gasteiger partial charge in [0.05, 0.1) is 36.9 Å². The van der Waals surface area contributed by atoms with Crippen LogP contribution in [0.25, 0.3) is 10.2 Å². The summed E-state index contributed by atoms with van der Waals surface area (Å²) < 4.78 is 12.0. The van der Waals surface area contributed by atoms with Crippen molar-refractivity contribution in [3.8, 4) is 11.5 Å². The molecular weight excluding hydrogens is 398 g/mol. The molecule has 4 rings (SSSR count).